The van der Waals surface area contributed by atoms with Gasteiger partial charge < -0.3 is 19.8 Å². The highest BCUT2D eigenvalue weighted by molar-refractivity contribution is 5.94. The van der Waals surface area contributed by atoms with Gasteiger partial charge in [0.05, 0.1) is 22.7 Å². The number of hydrogen-bond acceptors (Lipinski definition) is 6. The van der Waals surface area contributed by atoms with Gasteiger partial charge in [0.25, 0.3) is 5.69 Å². The Balaban J connectivity index is 2.02. The first-order valence-corrected chi connectivity index (χ1v) is 8.21. The number of carbonyl (C=O) groups excluding carboxylic acids is 2. The average Bonchev–Trinajstić information content (AvgIpc) is 3.11. The maximum Gasteiger partial charge on any atom is 0.338 e. The second-order valence-electron chi connectivity index (χ2n) is 5.77. The third-order valence-electron chi connectivity index (χ3n) is 4.04. The summed E-state index contributed by atoms with van der Waals surface area (Å²) in [4.78, 5) is 34.9. The summed E-state index contributed by atoms with van der Waals surface area (Å²) in [7, 11) is 0. The van der Waals surface area contributed by atoms with Gasteiger partial charge in [-0.1, -0.05) is 12.1 Å². The summed E-state index contributed by atoms with van der Waals surface area (Å²) < 4.78 is 10.8. The van der Waals surface area contributed by atoms with Crippen LogP contribution in [-0.2, 0) is 9.53 Å². The normalized spacial score (nSPS) is 16.5. The Labute approximate surface area is 154 Å². The molecule has 1 atom stereocenters. The Morgan fingerprint density at radius 1 is 1.30 bits per heavy atom. The molecule has 2 amide bonds. The zero-order chi connectivity index (χ0) is 19.6. The van der Waals surface area contributed by atoms with Gasteiger partial charge in [0.15, 0.2) is 0 Å². The molecule has 9 nitrogen and oxygen atoms in total. The molecule has 27 heavy (non-hydrogen) atoms. The summed E-state index contributed by atoms with van der Waals surface area (Å²) in [5, 5.41) is 16.4. The predicted molar refractivity (Wildman–Crippen MR) is 94.5 cm³/mol. The molecule has 140 valence electrons. The van der Waals surface area contributed by atoms with Crippen LogP contribution in [0.3, 0.4) is 0 Å². The number of furan rings is 1. The minimum absolute atomic E-state index is 0.106. The van der Waals surface area contributed by atoms with Crippen molar-refractivity contribution in [3.05, 3.63) is 63.5 Å². The van der Waals surface area contributed by atoms with Crippen LogP contribution in [0.5, 0.6) is 0 Å². The number of nitrogens with one attached hydrogen (secondary N) is 2. The van der Waals surface area contributed by atoms with Crippen molar-refractivity contribution < 1.29 is 23.7 Å². The van der Waals surface area contributed by atoms with E-state index in [0.29, 0.717) is 11.3 Å². The molecule has 0 saturated heterocycles. The maximum atomic E-state index is 12.3. The third kappa shape index (κ3) is 3.52. The number of nitro groups is 1. The van der Waals surface area contributed by atoms with Crippen LogP contribution in [0.4, 0.5) is 10.5 Å². The van der Waals surface area contributed by atoms with E-state index in [9.17, 15) is 19.7 Å². The van der Waals surface area contributed by atoms with Gasteiger partial charge >= 0.3 is 12.0 Å². The molecule has 0 saturated carbocycles. The summed E-state index contributed by atoms with van der Waals surface area (Å²) in [5.41, 5.74) is 0.753. The quantitative estimate of drug-likeness (QED) is 0.473. The summed E-state index contributed by atoms with van der Waals surface area (Å²) >= 11 is 0. The minimum atomic E-state index is -0.866. The average molecular weight is 371 g/mol. The number of amides is 2. The fourth-order valence-corrected chi connectivity index (χ4v) is 2.88. The molecule has 1 aromatic carbocycles. The molecule has 2 heterocycles. The Hall–Kier alpha value is -3.62. The molecule has 1 aromatic heterocycles. The van der Waals surface area contributed by atoms with Crippen molar-refractivity contribution >= 4 is 17.7 Å². The van der Waals surface area contributed by atoms with Crippen molar-refractivity contribution in [3.8, 4) is 11.3 Å². The minimum Gasteiger partial charge on any atom is -0.463 e. The van der Waals surface area contributed by atoms with E-state index in [2.05, 4.69) is 10.6 Å². The first kappa shape index (κ1) is 18.2. The van der Waals surface area contributed by atoms with Crippen LogP contribution in [0, 0.1) is 10.1 Å². The number of nitrogens with zero attached hydrogens (tertiary/aromatic N) is 1. The number of benzene rings is 1. The number of para-hydroxylation sites is 1. The Morgan fingerprint density at radius 2 is 2.04 bits per heavy atom. The summed E-state index contributed by atoms with van der Waals surface area (Å²) in [6, 6.07) is 7.92. The fraction of sp³-hybridized carbons (Fsp3) is 0.222. The van der Waals surface area contributed by atoms with Crippen LogP contribution < -0.4 is 10.6 Å². The molecular weight excluding hydrogens is 354 g/mol. The second-order valence-corrected chi connectivity index (χ2v) is 5.77. The number of allylic oxidation sites excluding steroid dienone is 1. The van der Waals surface area contributed by atoms with Gasteiger partial charge in [-0.05, 0) is 32.0 Å². The van der Waals surface area contributed by atoms with Crippen LogP contribution in [0.1, 0.15) is 25.6 Å². The summed E-state index contributed by atoms with van der Waals surface area (Å²) in [6.07, 6.45) is 0. The molecular formula is C18H17N3O6. The van der Waals surface area contributed by atoms with Crippen molar-refractivity contribution in [1.29, 1.82) is 0 Å². The fourth-order valence-electron chi connectivity index (χ4n) is 2.88. The van der Waals surface area contributed by atoms with E-state index in [1.54, 1.807) is 44.2 Å². The highest BCUT2D eigenvalue weighted by atomic mass is 16.6. The maximum absolute atomic E-state index is 12.3. The van der Waals surface area contributed by atoms with E-state index in [-0.39, 0.29) is 29.4 Å². The van der Waals surface area contributed by atoms with Crippen molar-refractivity contribution in [1.82, 2.24) is 10.6 Å². The Kier molecular flexibility index (Phi) is 4.93. The SMILES string of the molecule is CCOC(=O)C1=C(C)NC(=O)N[C@@H]1c1ccc(-c2ccccc2[N+](=O)[O-])o1. The largest absolute Gasteiger partial charge is 0.463 e. The van der Waals surface area contributed by atoms with E-state index >= 15 is 0 Å². The molecule has 1 aliphatic heterocycles. The molecule has 0 bridgehead atoms. The molecule has 0 aliphatic carbocycles. The molecule has 3 rings (SSSR count). The molecule has 0 radical (unpaired) electrons. The van der Waals surface area contributed by atoms with Gasteiger partial charge in [0, 0.05) is 11.8 Å². The van der Waals surface area contributed by atoms with E-state index in [4.69, 9.17) is 9.15 Å². The lowest BCUT2D eigenvalue weighted by molar-refractivity contribution is -0.384. The van der Waals surface area contributed by atoms with E-state index in [0.717, 1.165) is 0 Å². The van der Waals surface area contributed by atoms with Gasteiger partial charge in [-0.25, -0.2) is 9.59 Å². The number of ether oxygens (including phenoxy) is 1. The zero-order valence-corrected chi connectivity index (χ0v) is 14.6. The molecule has 2 N–H and O–H groups in total. The van der Waals surface area contributed by atoms with Crippen LogP contribution in [-0.4, -0.2) is 23.5 Å². The highest BCUT2D eigenvalue weighted by Gasteiger charge is 2.34. The number of nitro benzene ring substituents is 1. The first-order valence-electron chi connectivity index (χ1n) is 8.21. The van der Waals surface area contributed by atoms with Crippen molar-refractivity contribution in [2.75, 3.05) is 6.61 Å². The first-order chi connectivity index (χ1) is 12.9. The molecule has 1 aliphatic rings. The van der Waals surface area contributed by atoms with Gasteiger partial charge in [-0.3, -0.25) is 10.1 Å². The Morgan fingerprint density at radius 3 is 2.74 bits per heavy atom. The number of urea groups is 1. The predicted octanol–water partition coefficient (Wildman–Crippen LogP) is 3.05. The third-order valence-corrected chi connectivity index (χ3v) is 4.04. The number of carbonyl (C=O) groups is 2. The standard InChI is InChI=1S/C18H17N3O6/c1-3-26-17(22)15-10(2)19-18(23)20-16(15)14-9-8-13(27-14)11-6-4-5-7-12(11)21(24)25/h4-9,16H,3H2,1-2H3,(H2,19,20,23)/t16-/m1/s1. The van der Waals surface area contributed by atoms with Gasteiger partial charge in [0.2, 0.25) is 0 Å². The van der Waals surface area contributed by atoms with Gasteiger partial charge in [-0.15, -0.1) is 0 Å². The van der Waals surface area contributed by atoms with Crippen molar-refractivity contribution in [2.45, 2.75) is 19.9 Å². The lowest BCUT2D eigenvalue weighted by atomic mass is 10.0. The van der Waals surface area contributed by atoms with E-state index < -0.39 is 23.0 Å². The molecule has 0 fully saturated rings. The van der Waals surface area contributed by atoms with Gasteiger partial charge in [-0.2, -0.15) is 0 Å². The number of hydrogen-bond donors (Lipinski definition) is 2. The van der Waals surface area contributed by atoms with E-state index in [1.807, 2.05) is 0 Å². The molecule has 0 unspecified atom stereocenters. The topological polar surface area (TPSA) is 124 Å². The molecule has 0 spiro atoms. The number of esters is 1. The number of rotatable bonds is 5. The molecule has 2 aromatic rings. The zero-order valence-electron chi connectivity index (χ0n) is 14.6. The summed E-state index contributed by atoms with van der Waals surface area (Å²) in [6.45, 7) is 3.44. The smallest absolute Gasteiger partial charge is 0.338 e. The second kappa shape index (κ2) is 7.32. The van der Waals surface area contributed by atoms with Crippen LogP contribution in [0.25, 0.3) is 11.3 Å². The van der Waals surface area contributed by atoms with Gasteiger partial charge in [0.1, 0.15) is 17.6 Å². The molecule has 9 heteroatoms. The van der Waals surface area contributed by atoms with E-state index in [1.165, 1.54) is 6.07 Å². The van der Waals surface area contributed by atoms with Crippen molar-refractivity contribution in [3.63, 3.8) is 0 Å². The van der Waals surface area contributed by atoms with Crippen LogP contribution >= 0.6 is 0 Å². The highest BCUT2D eigenvalue weighted by Crippen LogP contribution is 2.35. The Bertz CT molecular complexity index is 946. The van der Waals surface area contributed by atoms with Crippen molar-refractivity contribution in [2.24, 2.45) is 0 Å². The lowest BCUT2D eigenvalue weighted by Gasteiger charge is -2.26. The van der Waals surface area contributed by atoms with Crippen LogP contribution in [0.15, 0.2) is 52.1 Å². The lowest BCUT2D eigenvalue weighted by Crippen LogP contribution is -2.45. The van der Waals surface area contributed by atoms with Crippen LogP contribution in [0.2, 0.25) is 0 Å². The monoisotopic (exact) mass is 371 g/mol. The summed E-state index contributed by atoms with van der Waals surface area (Å²) in [5.74, 6) is -0.0671.